The van der Waals surface area contributed by atoms with Crippen LogP contribution in [0.2, 0.25) is 0 Å². The van der Waals surface area contributed by atoms with Crippen molar-refractivity contribution in [2.45, 2.75) is 32.7 Å². The SMILES string of the molecule is COCC(NCCNC(=O)C1CC1)C(C)C. The first-order valence-corrected chi connectivity index (χ1v) is 6.15. The lowest BCUT2D eigenvalue weighted by Crippen LogP contribution is -2.42. The number of carbonyl (C=O) groups is 1. The summed E-state index contributed by atoms with van der Waals surface area (Å²) in [6, 6.07) is 0.364. The maximum atomic E-state index is 11.3. The molecule has 1 unspecified atom stereocenters. The summed E-state index contributed by atoms with van der Waals surface area (Å²) in [7, 11) is 1.71. The Morgan fingerprint density at radius 3 is 2.56 bits per heavy atom. The Hall–Kier alpha value is -0.610. The van der Waals surface area contributed by atoms with Gasteiger partial charge in [-0.2, -0.15) is 0 Å². The van der Waals surface area contributed by atoms with E-state index in [0.29, 0.717) is 31.0 Å². The highest BCUT2D eigenvalue weighted by Gasteiger charge is 2.29. The van der Waals surface area contributed by atoms with Crippen LogP contribution >= 0.6 is 0 Å². The van der Waals surface area contributed by atoms with E-state index < -0.39 is 0 Å². The predicted molar refractivity (Wildman–Crippen MR) is 64.2 cm³/mol. The maximum Gasteiger partial charge on any atom is 0.223 e. The number of carbonyl (C=O) groups excluding carboxylic acids is 1. The number of ether oxygens (including phenoxy) is 1. The Bertz CT molecular complexity index is 215. The summed E-state index contributed by atoms with van der Waals surface area (Å²) >= 11 is 0. The van der Waals surface area contributed by atoms with Crippen LogP contribution in [0.3, 0.4) is 0 Å². The molecule has 1 aliphatic rings. The van der Waals surface area contributed by atoms with E-state index in [1.165, 1.54) is 0 Å². The van der Waals surface area contributed by atoms with Crippen molar-refractivity contribution in [3.8, 4) is 0 Å². The minimum absolute atomic E-state index is 0.217. The van der Waals surface area contributed by atoms with Gasteiger partial charge < -0.3 is 15.4 Å². The molecule has 0 radical (unpaired) electrons. The zero-order chi connectivity index (χ0) is 12.0. The van der Waals surface area contributed by atoms with Crippen molar-refractivity contribution >= 4 is 5.91 Å². The molecular weight excluding hydrogens is 204 g/mol. The first kappa shape index (κ1) is 13.5. The standard InChI is InChI=1S/C12H24N2O2/c1-9(2)11(8-16-3)13-6-7-14-12(15)10-4-5-10/h9-11,13H,4-8H2,1-3H3,(H,14,15). The van der Waals surface area contributed by atoms with Crippen LogP contribution in [-0.4, -0.2) is 38.8 Å². The molecule has 0 spiro atoms. The van der Waals surface area contributed by atoms with E-state index in [4.69, 9.17) is 4.74 Å². The van der Waals surface area contributed by atoms with Gasteiger partial charge in [-0.15, -0.1) is 0 Å². The average molecular weight is 228 g/mol. The summed E-state index contributed by atoms with van der Waals surface area (Å²) in [4.78, 5) is 11.3. The third-order valence-electron chi connectivity index (χ3n) is 2.93. The van der Waals surface area contributed by atoms with Crippen LogP contribution < -0.4 is 10.6 Å². The molecule has 4 nitrogen and oxygen atoms in total. The quantitative estimate of drug-likeness (QED) is 0.603. The van der Waals surface area contributed by atoms with Gasteiger partial charge in [-0.3, -0.25) is 4.79 Å². The molecule has 0 aliphatic heterocycles. The third kappa shape index (κ3) is 4.94. The highest BCUT2D eigenvalue weighted by molar-refractivity contribution is 5.80. The largest absolute Gasteiger partial charge is 0.383 e. The molecule has 0 aromatic heterocycles. The normalized spacial score (nSPS) is 17.5. The fourth-order valence-corrected chi connectivity index (χ4v) is 1.60. The predicted octanol–water partition coefficient (Wildman–Crippen LogP) is 0.773. The molecule has 1 amide bonds. The molecule has 0 aromatic carbocycles. The first-order valence-electron chi connectivity index (χ1n) is 6.15. The van der Waals surface area contributed by atoms with Crippen molar-refractivity contribution < 1.29 is 9.53 Å². The van der Waals surface area contributed by atoms with Crippen molar-refractivity contribution in [3.05, 3.63) is 0 Å². The molecule has 1 rings (SSSR count). The van der Waals surface area contributed by atoms with Crippen LogP contribution in [0.1, 0.15) is 26.7 Å². The minimum atomic E-state index is 0.217. The number of hydrogen-bond acceptors (Lipinski definition) is 3. The Morgan fingerprint density at radius 2 is 2.06 bits per heavy atom. The fourth-order valence-electron chi connectivity index (χ4n) is 1.60. The number of nitrogens with one attached hydrogen (secondary N) is 2. The molecule has 1 aliphatic carbocycles. The van der Waals surface area contributed by atoms with E-state index in [9.17, 15) is 4.79 Å². The second kappa shape index (κ2) is 6.86. The van der Waals surface area contributed by atoms with E-state index in [-0.39, 0.29) is 5.91 Å². The molecule has 0 heterocycles. The molecule has 2 N–H and O–H groups in total. The first-order chi connectivity index (χ1) is 7.65. The third-order valence-corrected chi connectivity index (χ3v) is 2.93. The topological polar surface area (TPSA) is 50.4 Å². The van der Waals surface area contributed by atoms with Gasteiger partial charge in [-0.25, -0.2) is 0 Å². The summed E-state index contributed by atoms with van der Waals surface area (Å²) in [6.45, 7) is 6.57. The van der Waals surface area contributed by atoms with Crippen molar-refractivity contribution in [2.24, 2.45) is 11.8 Å². The zero-order valence-electron chi connectivity index (χ0n) is 10.6. The van der Waals surface area contributed by atoms with Gasteiger partial charge in [0.25, 0.3) is 0 Å². The molecule has 4 heteroatoms. The van der Waals surface area contributed by atoms with Crippen molar-refractivity contribution in [1.82, 2.24) is 10.6 Å². The Kier molecular flexibility index (Phi) is 5.77. The minimum Gasteiger partial charge on any atom is -0.383 e. The maximum absolute atomic E-state index is 11.3. The summed E-state index contributed by atoms with van der Waals surface area (Å²) in [5, 5.41) is 6.33. The van der Waals surface area contributed by atoms with Crippen LogP contribution in [0.5, 0.6) is 0 Å². The van der Waals surface area contributed by atoms with Crippen LogP contribution in [0.15, 0.2) is 0 Å². The lowest BCUT2D eigenvalue weighted by Gasteiger charge is -2.21. The Morgan fingerprint density at radius 1 is 1.38 bits per heavy atom. The van der Waals surface area contributed by atoms with Crippen LogP contribution in [0.25, 0.3) is 0 Å². The smallest absolute Gasteiger partial charge is 0.223 e. The van der Waals surface area contributed by atoms with Gasteiger partial charge in [0.2, 0.25) is 5.91 Å². The van der Waals surface area contributed by atoms with E-state index in [2.05, 4.69) is 24.5 Å². The number of rotatable bonds is 8. The summed E-state index contributed by atoms with van der Waals surface area (Å²) in [6.07, 6.45) is 2.13. The van der Waals surface area contributed by atoms with Gasteiger partial charge in [0.05, 0.1) is 6.61 Å². The van der Waals surface area contributed by atoms with Gasteiger partial charge in [0, 0.05) is 32.2 Å². The van der Waals surface area contributed by atoms with Gasteiger partial charge in [0.1, 0.15) is 0 Å². The Labute approximate surface area is 98.1 Å². The van der Waals surface area contributed by atoms with Gasteiger partial charge in [-0.1, -0.05) is 13.8 Å². The van der Waals surface area contributed by atoms with Gasteiger partial charge in [-0.05, 0) is 18.8 Å². The average Bonchev–Trinajstić information content (AvgIpc) is 3.05. The van der Waals surface area contributed by atoms with Crippen LogP contribution in [0, 0.1) is 11.8 Å². The molecular formula is C12H24N2O2. The second-order valence-electron chi connectivity index (χ2n) is 4.83. The molecule has 0 saturated heterocycles. The summed E-state index contributed by atoms with van der Waals surface area (Å²) < 4.78 is 5.14. The second-order valence-corrected chi connectivity index (χ2v) is 4.83. The number of amides is 1. The van der Waals surface area contributed by atoms with E-state index >= 15 is 0 Å². The molecule has 16 heavy (non-hydrogen) atoms. The zero-order valence-corrected chi connectivity index (χ0v) is 10.6. The molecule has 0 aromatic rings. The Balaban J connectivity index is 2.05. The van der Waals surface area contributed by atoms with Crippen molar-refractivity contribution in [3.63, 3.8) is 0 Å². The number of methoxy groups -OCH3 is 1. The highest BCUT2D eigenvalue weighted by atomic mass is 16.5. The molecule has 0 bridgehead atoms. The molecule has 1 saturated carbocycles. The lowest BCUT2D eigenvalue weighted by atomic mass is 10.1. The highest BCUT2D eigenvalue weighted by Crippen LogP contribution is 2.28. The number of hydrogen-bond donors (Lipinski definition) is 2. The van der Waals surface area contributed by atoms with E-state index in [0.717, 1.165) is 19.4 Å². The van der Waals surface area contributed by atoms with Gasteiger partial charge >= 0.3 is 0 Å². The van der Waals surface area contributed by atoms with Crippen LogP contribution in [-0.2, 0) is 9.53 Å². The lowest BCUT2D eigenvalue weighted by molar-refractivity contribution is -0.122. The van der Waals surface area contributed by atoms with Crippen LogP contribution in [0.4, 0.5) is 0 Å². The van der Waals surface area contributed by atoms with Gasteiger partial charge in [0.15, 0.2) is 0 Å². The van der Waals surface area contributed by atoms with Crippen molar-refractivity contribution in [2.75, 3.05) is 26.8 Å². The monoisotopic (exact) mass is 228 g/mol. The van der Waals surface area contributed by atoms with E-state index in [1.807, 2.05) is 0 Å². The molecule has 1 atom stereocenters. The molecule has 1 fully saturated rings. The summed E-state index contributed by atoms with van der Waals surface area (Å²) in [5.74, 6) is 1.06. The van der Waals surface area contributed by atoms with Crippen molar-refractivity contribution in [1.29, 1.82) is 0 Å². The fraction of sp³-hybridized carbons (Fsp3) is 0.917. The molecule has 94 valence electrons. The summed E-state index contributed by atoms with van der Waals surface area (Å²) in [5.41, 5.74) is 0. The van der Waals surface area contributed by atoms with E-state index in [1.54, 1.807) is 7.11 Å².